The molecule has 0 unspecified atom stereocenters. The third-order valence-corrected chi connectivity index (χ3v) is 2.99. The van der Waals surface area contributed by atoms with Crippen molar-refractivity contribution in [3.8, 4) is 0 Å². The molecular weight excluding hydrogens is 186 g/mol. The highest BCUT2D eigenvalue weighted by molar-refractivity contribution is 7.99. The molecule has 0 saturated carbocycles. The molecule has 1 aliphatic heterocycles. The average Bonchev–Trinajstić information content (AvgIpc) is 2.15. The van der Waals surface area contributed by atoms with Gasteiger partial charge in [0, 0.05) is 13.1 Å². The van der Waals surface area contributed by atoms with E-state index in [2.05, 4.69) is 6.92 Å². The lowest BCUT2D eigenvalue weighted by atomic mass is 10.3. The highest BCUT2D eigenvalue weighted by Crippen LogP contribution is 2.04. The van der Waals surface area contributed by atoms with E-state index in [1.54, 1.807) is 0 Å². The molecule has 4 heteroatoms. The summed E-state index contributed by atoms with van der Waals surface area (Å²) in [5.74, 6) is 2.46. The van der Waals surface area contributed by atoms with Crippen molar-refractivity contribution in [3.05, 3.63) is 0 Å². The number of rotatable bonds is 5. The molecule has 3 nitrogen and oxygen atoms in total. The number of nitrogens with zero attached hydrogens (tertiary/aromatic N) is 1. The van der Waals surface area contributed by atoms with Crippen LogP contribution in [-0.2, 0) is 9.53 Å². The molecule has 0 aromatic rings. The number of carbonyl (C=O) groups is 1. The van der Waals surface area contributed by atoms with Gasteiger partial charge in [0.1, 0.15) is 6.61 Å². The second kappa shape index (κ2) is 6.27. The Morgan fingerprint density at radius 2 is 2.46 bits per heavy atom. The Labute approximate surface area is 83.8 Å². The average molecular weight is 203 g/mol. The van der Waals surface area contributed by atoms with Crippen molar-refractivity contribution in [3.63, 3.8) is 0 Å². The first kappa shape index (κ1) is 10.9. The molecule has 1 fully saturated rings. The topological polar surface area (TPSA) is 29.5 Å². The van der Waals surface area contributed by atoms with E-state index in [0.29, 0.717) is 6.61 Å². The molecule has 0 aromatic heterocycles. The van der Waals surface area contributed by atoms with E-state index >= 15 is 0 Å². The Kier molecular flexibility index (Phi) is 5.23. The zero-order chi connectivity index (χ0) is 9.52. The molecule has 1 rings (SSSR count). The first-order valence-corrected chi connectivity index (χ1v) is 5.93. The predicted molar refractivity (Wildman–Crippen MR) is 55.0 cm³/mol. The van der Waals surface area contributed by atoms with Crippen molar-refractivity contribution < 1.29 is 9.53 Å². The molecule has 0 aromatic carbocycles. The normalized spacial score (nSPS) is 17.9. The first-order valence-electron chi connectivity index (χ1n) is 4.78. The van der Waals surface area contributed by atoms with Crippen LogP contribution in [0.1, 0.15) is 13.3 Å². The van der Waals surface area contributed by atoms with E-state index in [9.17, 15) is 4.79 Å². The predicted octanol–water partition coefficient (Wildman–Crippen LogP) is 0.988. The summed E-state index contributed by atoms with van der Waals surface area (Å²) in [5, 5.41) is 0. The van der Waals surface area contributed by atoms with E-state index in [0.717, 1.165) is 31.0 Å². The summed E-state index contributed by atoms with van der Waals surface area (Å²) in [4.78, 5) is 13.2. The summed E-state index contributed by atoms with van der Waals surface area (Å²) in [6, 6.07) is 0. The lowest BCUT2D eigenvalue weighted by Gasteiger charge is -2.26. The Hall–Kier alpha value is -0.220. The van der Waals surface area contributed by atoms with Crippen LogP contribution >= 0.6 is 11.8 Å². The molecule has 76 valence electrons. The molecule has 1 aliphatic rings. The maximum Gasteiger partial charge on any atom is 0.248 e. The van der Waals surface area contributed by atoms with Crippen LogP contribution in [0.4, 0.5) is 0 Å². The molecule has 13 heavy (non-hydrogen) atoms. The van der Waals surface area contributed by atoms with Gasteiger partial charge in [0.05, 0.1) is 6.61 Å². The lowest BCUT2D eigenvalue weighted by Crippen LogP contribution is -2.42. The molecule has 0 radical (unpaired) electrons. The fraction of sp³-hybridized carbons (Fsp3) is 0.889. The van der Waals surface area contributed by atoms with Crippen LogP contribution in [0, 0.1) is 0 Å². The van der Waals surface area contributed by atoms with Gasteiger partial charge in [-0.3, -0.25) is 4.79 Å². The van der Waals surface area contributed by atoms with Crippen molar-refractivity contribution in [1.82, 2.24) is 4.90 Å². The second-order valence-corrected chi connectivity index (χ2v) is 4.38. The number of morpholine rings is 1. The van der Waals surface area contributed by atoms with E-state index in [4.69, 9.17) is 4.74 Å². The van der Waals surface area contributed by atoms with Crippen LogP contribution in [0.5, 0.6) is 0 Å². The van der Waals surface area contributed by atoms with Crippen LogP contribution in [-0.4, -0.2) is 48.6 Å². The van der Waals surface area contributed by atoms with E-state index < -0.39 is 0 Å². The van der Waals surface area contributed by atoms with Gasteiger partial charge in [-0.25, -0.2) is 0 Å². The van der Waals surface area contributed by atoms with Crippen LogP contribution in [0.25, 0.3) is 0 Å². The standard InChI is InChI=1S/C9H17NO2S/c1-2-13-7-3-4-10-5-6-12-8-9(10)11/h2-8H2,1H3. The number of thioether (sulfide) groups is 1. The highest BCUT2D eigenvalue weighted by Gasteiger charge is 2.17. The maximum absolute atomic E-state index is 11.3. The molecule has 1 amide bonds. The lowest BCUT2D eigenvalue weighted by molar-refractivity contribution is -0.142. The van der Waals surface area contributed by atoms with E-state index in [1.165, 1.54) is 0 Å². The minimum Gasteiger partial charge on any atom is -0.370 e. The van der Waals surface area contributed by atoms with Crippen molar-refractivity contribution in [2.24, 2.45) is 0 Å². The number of amides is 1. The molecule has 1 saturated heterocycles. The summed E-state index contributed by atoms with van der Waals surface area (Å²) in [6.45, 7) is 4.81. The van der Waals surface area contributed by atoms with Gasteiger partial charge in [0.25, 0.3) is 0 Å². The molecule has 0 aliphatic carbocycles. The van der Waals surface area contributed by atoms with Gasteiger partial charge in [-0.1, -0.05) is 6.92 Å². The minimum absolute atomic E-state index is 0.146. The molecule has 0 bridgehead atoms. The summed E-state index contributed by atoms with van der Waals surface area (Å²) < 4.78 is 5.04. The number of carbonyl (C=O) groups excluding carboxylic acids is 1. The maximum atomic E-state index is 11.3. The number of hydrogen-bond donors (Lipinski definition) is 0. The molecule has 0 spiro atoms. The summed E-state index contributed by atoms with van der Waals surface area (Å²) in [6.07, 6.45) is 1.10. The van der Waals surface area contributed by atoms with Gasteiger partial charge in [-0.2, -0.15) is 11.8 Å². The zero-order valence-corrected chi connectivity index (χ0v) is 8.94. The SMILES string of the molecule is CCSCCCN1CCOCC1=O. The van der Waals surface area contributed by atoms with Crippen LogP contribution in [0.3, 0.4) is 0 Å². The van der Waals surface area contributed by atoms with Crippen molar-refractivity contribution in [2.45, 2.75) is 13.3 Å². The number of ether oxygens (including phenoxy) is 1. The Morgan fingerprint density at radius 1 is 1.62 bits per heavy atom. The van der Waals surface area contributed by atoms with Crippen molar-refractivity contribution >= 4 is 17.7 Å². The monoisotopic (exact) mass is 203 g/mol. The Bertz CT molecular complexity index is 164. The van der Waals surface area contributed by atoms with Gasteiger partial charge in [-0.15, -0.1) is 0 Å². The van der Waals surface area contributed by atoms with Crippen LogP contribution in [0.2, 0.25) is 0 Å². The first-order chi connectivity index (χ1) is 6.34. The number of hydrogen-bond acceptors (Lipinski definition) is 3. The summed E-state index contributed by atoms with van der Waals surface area (Å²) >= 11 is 1.93. The fourth-order valence-corrected chi connectivity index (χ4v) is 1.91. The van der Waals surface area contributed by atoms with Crippen molar-refractivity contribution in [1.29, 1.82) is 0 Å². The largest absolute Gasteiger partial charge is 0.370 e. The molecule has 1 heterocycles. The van der Waals surface area contributed by atoms with Crippen LogP contribution < -0.4 is 0 Å². The van der Waals surface area contributed by atoms with E-state index in [-0.39, 0.29) is 12.5 Å². The van der Waals surface area contributed by atoms with Gasteiger partial charge >= 0.3 is 0 Å². The van der Waals surface area contributed by atoms with E-state index in [1.807, 2.05) is 16.7 Å². The van der Waals surface area contributed by atoms with Gasteiger partial charge in [0.2, 0.25) is 5.91 Å². The van der Waals surface area contributed by atoms with Crippen molar-refractivity contribution in [2.75, 3.05) is 37.8 Å². The molecule has 0 atom stereocenters. The van der Waals surface area contributed by atoms with Gasteiger partial charge in [0.15, 0.2) is 0 Å². The quantitative estimate of drug-likeness (QED) is 0.624. The summed E-state index contributed by atoms with van der Waals surface area (Å²) in [5.41, 5.74) is 0. The van der Waals surface area contributed by atoms with Gasteiger partial charge in [-0.05, 0) is 17.9 Å². The minimum atomic E-state index is 0.146. The Balaban J connectivity index is 2.08. The third-order valence-electron chi connectivity index (χ3n) is 2.00. The fourth-order valence-electron chi connectivity index (χ4n) is 1.29. The highest BCUT2D eigenvalue weighted by atomic mass is 32.2. The van der Waals surface area contributed by atoms with Gasteiger partial charge < -0.3 is 9.64 Å². The van der Waals surface area contributed by atoms with Crippen LogP contribution in [0.15, 0.2) is 0 Å². The molecule has 0 N–H and O–H groups in total. The second-order valence-electron chi connectivity index (χ2n) is 2.98. The summed E-state index contributed by atoms with van der Waals surface area (Å²) in [7, 11) is 0. The third kappa shape index (κ3) is 4.00. The smallest absolute Gasteiger partial charge is 0.248 e. The Morgan fingerprint density at radius 3 is 3.15 bits per heavy atom. The molecular formula is C9H17NO2S. The zero-order valence-electron chi connectivity index (χ0n) is 8.12.